The molecule has 1 amide bonds. The second-order valence-electron chi connectivity index (χ2n) is 8.91. The van der Waals surface area contributed by atoms with Crippen LogP contribution in [0.1, 0.15) is 54.2 Å². The van der Waals surface area contributed by atoms with Gasteiger partial charge in [-0.05, 0) is 59.7 Å². The van der Waals surface area contributed by atoms with Crippen LogP contribution in [-0.2, 0) is 29.1 Å². The van der Waals surface area contributed by atoms with Crippen LogP contribution < -0.4 is 0 Å². The molecule has 0 bridgehead atoms. The Hall–Kier alpha value is -2.62. The Bertz CT molecular complexity index is 950. The van der Waals surface area contributed by atoms with Crippen molar-refractivity contribution in [1.82, 2.24) is 4.90 Å². The third-order valence-corrected chi connectivity index (χ3v) is 5.69. The summed E-state index contributed by atoms with van der Waals surface area (Å²) in [6.07, 6.45) is -0.0175. The number of rotatable bonds is 3. The van der Waals surface area contributed by atoms with Crippen molar-refractivity contribution in [2.24, 2.45) is 5.41 Å². The maximum atomic E-state index is 12.8. The predicted molar refractivity (Wildman–Crippen MR) is 111 cm³/mol. The molecule has 0 radical (unpaired) electrons. The number of nitrogens with zero attached hydrogens (tertiary/aromatic N) is 1. The molecule has 4 heteroatoms. The summed E-state index contributed by atoms with van der Waals surface area (Å²) >= 11 is 0. The number of carboxylic acid groups (broad SMARTS) is 1. The molecule has 0 saturated carbocycles. The van der Waals surface area contributed by atoms with Crippen molar-refractivity contribution >= 4 is 11.9 Å². The van der Waals surface area contributed by atoms with Crippen LogP contribution in [0, 0.1) is 26.2 Å². The number of benzene rings is 2. The Morgan fingerprint density at radius 2 is 1.50 bits per heavy atom. The Labute approximate surface area is 167 Å². The van der Waals surface area contributed by atoms with Crippen molar-refractivity contribution in [3.8, 4) is 11.1 Å². The molecule has 1 heterocycles. The van der Waals surface area contributed by atoms with Gasteiger partial charge in [0.15, 0.2) is 0 Å². The van der Waals surface area contributed by atoms with E-state index in [-0.39, 0.29) is 12.3 Å². The van der Waals surface area contributed by atoms with E-state index in [1.54, 1.807) is 0 Å². The van der Waals surface area contributed by atoms with Gasteiger partial charge in [-0.25, -0.2) is 0 Å². The molecule has 2 aromatic rings. The zero-order chi connectivity index (χ0) is 20.8. The van der Waals surface area contributed by atoms with Gasteiger partial charge in [0.2, 0.25) is 5.91 Å². The molecule has 0 atom stereocenters. The molecule has 1 N–H and O–H groups in total. The number of carbonyl (C=O) groups is 2. The van der Waals surface area contributed by atoms with E-state index < -0.39 is 11.4 Å². The molecule has 0 aromatic heterocycles. The summed E-state index contributed by atoms with van der Waals surface area (Å²) in [5.41, 5.74) is 8.00. The summed E-state index contributed by atoms with van der Waals surface area (Å²) in [5.74, 6) is -0.712. The Morgan fingerprint density at radius 1 is 0.964 bits per heavy atom. The lowest BCUT2D eigenvalue weighted by Crippen LogP contribution is -2.35. The fourth-order valence-electron chi connectivity index (χ4n) is 4.17. The lowest BCUT2D eigenvalue weighted by molar-refractivity contribution is -0.140. The van der Waals surface area contributed by atoms with E-state index in [0.717, 1.165) is 33.4 Å². The van der Waals surface area contributed by atoms with Crippen LogP contribution in [0.15, 0.2) is 24.3 Å². The molecule has 2 aromatic carbocycles. The average Bonchev–Trinajstić information content (AvgIpc) is 3.05. The Balaban J connectivity index is 2.18. The molecule has 1 aliphatic rings. The van der Waals surface area contributed by atoms with Crippen molar-refractivity contribution in [3.63, 3.8) is 0 Å². The van der Waals surface area contributed by atoms with Gasteiger partial charge in [-0.15, -0.1) is 0 Å². The summed E-state index contributed by atoms with van der Waals surface area (Å²) in [6.45, 7) is 13.0. The van der Waals surface area contributed by atoms with E-state index >= 15 is 0 Å². The van der Waals surface area contributed by atoms with Gasteiger partial charge in [0.1, 0.15) is 0 Å². The number of hydrogen-bond donors (Lipinski definition) is 1. The van der Waals surface area contributed by atoms with Crippen molar-refractivity contribution in [3.05, 3.63) is 57.6 Å². The average molecular weight is 380 g/mol. The predicted octanol–water partition coefficient (Wildman–Crippen LogP) is 4.79. The van der Waals surface area contributed by atoms with Crippen LogP contribution in [0.25, 0.3) is 11.1 Å². The zero-order valence-electron chi connectivity index (χ0n) is 17.6. The number of carbonyl (C=O) groups excluding carboxylic acids is 1. The number of aryl methyl sites for hydroxylation is 1. The lowest BCUT2D eigenvalue weighted by Gasteiger charge is -2.25. The molecule has 0 spiro atoms. The molecular formula is C24H29NO3. The van der Waals surface area contributed by atoms with Crippen LogP contribution in [-0.4, -0.2) is 21.9 Å². The van der Waals surface area contributed by atoms with Gasteiger partial charge in [0.25, 0.3) is 0 Å². The molecule has 0 saturated heterocycles. The topological polar surface area (TPSA) is 57.6 Å². The van der Waals surface area contributed by atoms with Gasteiger partial charge in [0, 0.05) is 18.5 Å². The molecular weight excluding hydrogens is 350 g/mol. The number of hydrogen-bond acceptors (Lipinski definition) is 2. The first-order valence-electron chi connectivity index (χ1n) is 9.72. The van der Waals surface area contributed by atoms with E-state index in [2.05, 4.69) is 31.2 Å². The fraction of sp³-hybridized carbons (Fsp3) is 0.417. The maximum Gasteiger partial charge on any atom is 0.307 e. The molecule has 4 nitrogen and oxygen atoms in total. The number of amides is 1. The largest absolute Gasteiger partial charge is 0.481 e. The molecule has 1 aliphatic heterocycles. The molecule has 28 heavy (non-hydrogen) atoms. The van der Waals surface area contributed by atoms with Gasteiger partial charge in [-0.2, -0.15) is 0 Å². The number of fused-ring (bicyclic) bond motifs is 1. The van der Waals surface area contributed by atoms with E-state index in [1.807, 2.05) is 39.5 Å². The normalized spacial score (nSPS) is 13.6. The van der Waals surface area contributed by atoms with Crippen LogP contribution in [0.3, 0.4) is 0 Å². The van der Waals surface area contributed by atoms with E-state index in [1.165, 1.54) is 11.1 Å². The van der Waals surface area contributed by atoms with Crippen molar-refractivity contribution in [2.75, 3.05) is 0 Å². The van der Waals surface area contributed by atoms with Gasteiger partial charge in [-0.3, -0.25) is 9.59 Å². The summed E-state index contributed by atoms with van der Waals surface area (Å²) in [6, 6.07) is 8.22. The minimum absolute atomic E-state index is 0.0175. The Kier molecular flexibility index (Phi) is 5.09. The molecule has 3 rings (SSSR count). The summed E-state index contributed by atoms with van der Waals surface area (Å²) in [7, 11) is 0. The molecule has 0 fully saturated rings. The van der Waals surface area contributed by atoms with E-state index in [0.29, 0.717) is 13.1 Å². The third-order valence-electron chi connectivity index (χ3n) is 5.69. The highest BCUT2D eigenvalue weighted by Crippen LogP contribution is 2.40. The molecule has 0 unspecified atom stereocenters. The quantitative estimate of drug-likeness (QED) is 0.834. The minimum atomic E-state index is -0.837. The minimum Gasteiger partial charge on any atom is -0.481 e. The van der Waals surface area contributed by atoms with Crippen molar-refractivity contribution in [1.29, 1.82) is 0 Å². The summed E-state index contributed by atoms with van der Waals surface area (Å²) < 4.78 is 0. The van der Waals surface area contributed by atoms with Crippen LogP contribution in [0.5, 0.6) is 0 Å². The monoisotopic (exact) mass is 379 g/mol. The standard InChI is InChI=1S/C24H29NO3/c1-14-7-9-17(10-8-14)22-16(3)20-13-25(23(28)24(4,5)6)12-19(20)15(2)18(22)11-21(26)27/h7-10H,11-13H2,1-6H3,(H,26,27). The first-order valence-corrected chi connectivity index (χ1v) is 9.72. The fourth-order valence-corrected chi connectivity index (χ4v) is 4.17. The van der Waals surface area contributed by atoms with Gasteiger partial charge in [0.05, 0.1) is 6.42 Å². The first-order chi connectivity index (χ1) is 13.0. The second kappa shape index (κ2) is 7.08. The van der Waals surface area contributed by atoms with Crippen molar-refractivity contribution in [2.45, 2.75) is 61.1 Å². The first kappa shape index (κ1) is 20.1. The van der Waals surface area contributed by atoms with E-state index in [9.17, 15) is 14.7 Å². The van der Waals surface area contributed by atoms with Gasteiger partial charge >= 0.3 is 5.97 Å². The second-order valence-corrected chi connectivity index (χ2v) is 8.91. The SMILES string of the molecule is Cc1ccc(-c2c(C)c3c(c(C)c2CC(=O)O)CN(C(=O)C(C)(C)C)C3)cc1. The number of carboxylic acids is 1. The smallest absolute Gasteiger partial charge is 0.307 e. The zero-order valence-corrected chi connectivity index (χ0v) is 17.6. The van der Waals surface area contributed by atoms with Crippen LogP contribution >= 0.6 is 0 Å². The highest BCUT2D eigenvalue weighted by Gasteiger charge is 2.34. The summed E-state index contributed by atoms with van der Waals surface area (Å²) in [4.78, 5) is 26.4. The number of aliphatic carboxylic acids is 1. The Morgan fingerprint density at radius 3 is 2.00 bits per heavy atom. The van der Waals surface area contributed by atoms with Gasteiger partial charge in [-0.1, -0.05) is 50.6 Å². The highest BCUT2D eigenvalue weighted by molar-refractivity contribution is 5.85. The van der Waals surface area contributed by atoms with Crippen LogP contribution in [0.4, 0.5) is 0 Å². The molecule has 0 aliphatic carbocycles. The highest BCUT2D eigenvalue weighted by atomic mass is 16.4. The van der Waals surface area contributed by atoms with Crippen LogP contribution in [0.2, 0.25) is 0 Å². The maximum absolute atomic E-state index is 12.8. The summed E-state index contributed by atoms with van der Waals surface area (Å²) in [5, 5.41) is 9.53. The molecule has 148 valence electrons. The lowest BCUT2D eigenvalue weighted by atomic mass is 9.84. The van der Waals surface area contributed by atoms with Crippen molar-refractivity contribution < 1.29 is 14.7 Å². The third kappa shape index (κ3) is 3.56. The van der Waals surface area contributed by atoms with Gasteiger partial charge < -0.3 is 10.0 Å². The van der Waals surface area contributed by atoms with E-state index in [4.69, 9.17) is 0 Å².